The van der Waals surface area contributed by atoms with Crippen LogP contribution >= 0.6 is 11.8 Å². The van der Waals surface area contributed by atoms with Crippen molar-refractivity contribution in [3.05, 3.63) is 108 Å². The van der Waals surface area contributed by atoms with Crippen molar-refractivity contribution in [1.82, 2.24) is 25.8 Å². The molecular formula is C40H48N6O5S. The highest BCUT2D eigenvalue weighted by atomic mass is 32.2. The van der Waals surface area contributed by atoms with E-state index in [0.717, 1.165) is 22.3 Å². The van der Waals surface area contributed by atoms with E-state index >= 15 is 0 Å². The molecule has 0 radical (unpaired) electrons. The summed E-state index contributed by atoms with van der Waals surface area (Å²) in [6.45, 7) is 6.38. The average Bonchev–Trinajstić information content (AvgIpc) is 3.13. The van der Waals surface area contributed by atoms with Crippen molar-refractivity contribution in [1.29, 1.82) is 0 Å². The molecule has 5 atom stereocenters. The van der Waals surface area contributed by atoms with E-state index in [4.69, 9.17) is 5.73 Å². The minimum atomic E-state index is -1.34. The first-order chi connectivity index (χ1) is 24.9. The molecule has 0 spiro atoms. The lowest BCUT2D eigenvalue weighted by atomic mass is 9.95. The van der Waals surface area contributed by atoms with Crippen LogP contribution in [0.15, 0.2) is 102 Å². The fourth-order valence-electron chi connectivity index (χ4n) is 6.34. The van der Waals surface area contributed by atoms with E-state index in [1.807, 2.05) is 81.4 Å². The topological polar surface area (TPSA) is 167 Å². The largest absolute Gasteiger partial charge is 0.389 e. The molecule has 5 rings (SSSR count). The number of nitrogens with zero attached hydrogens (tertiary/aromatic N) is 2. The number of aliphatic hydroxyl groups excluding tert-OH is 1. The fraction of sp³-hybridized carbons (Fsp3) is 0.375. The van der Waals surface area contributed by atoms with Crippen LogP contribution in [0, 0.1) is 0 Å². The van der Waals surface area contributed by atoms with Gasteiger partial charge in [0.05, 0.1) is 30.1 Å². The number of aliphatic hydroxyl groups is 1. The van der Waals surface area contributed by atoms with Crippen LogP contribution in [0.25, 0.3) is 10.9 Å². The van der Waals surface area contributed by atoms with Gasteiger partial charge in [-0.25, -0.2) is 4.98 Å². The van der Waals surface area contributed by atoms with Crippen LogP contribution in [0.1, 0.15) is 56.1 Å². The lowest BCUT2D eigenvalue weighted by Crippen LogP contribution is -2.61. The zero-order valence-corrected chi connectivity index (χ0v) is 30.6. The second-order valence-electron chi connectivity index (χ2n) is 14.2. The number of hydrogen-bond acceptors (Lipinski definition) is 8. The summed E-state index contributed by atoms with van der Waals surface area (Å²) in [5, 5.41) is 21.8. The summed E-state index contributed by atoms with van der Waals surface area (Å²) in [5.74, 6) is -2.27. The van der Waals surface area contributed by atoms with Gasteiger partial charge in [0, 0.05) is 27.6 Å². The average molecular weight is 725 g/mol. The number of para-hydroxylation sites is 1. The Morgan fingerprint density at radius 3 is 2.31 bits per heavy atom. The van der Waals surface area contributed by atoms with Crippen LogP contribution in [0.5, 0.6) is 0 Å². The van der Waals surface area contributed by atoms with Crippen LogP contribution in [-0.2, 0) is 20.8 Å². The predicted octanol–water partition coefficient (Wildman–Crippen LogP) is 3.84. The number of β-amino-alcohol motifs (C(OH)–C–C–N with tert-alkyl or cyclic N) is 1. The molecule has 1 aliphatic heterocycles. The number of carbonyl (C=O) groups excluding carboxylic acids is 4. The molecule has 1 aromatic heterocycles. The molecule has 6 N–H and O–H groups in total. The van der Waals surface area contributed by atoms with E-state index in [0.29, 0.717) is 18.5 Å². The lowest BCUT2D eigenvalue weighted by molar-refractivity contribution is -0.141. The summed E-state index contributed by atoms with van der Waals surface area (Å²) < 4.78 is 0. The number of benzene rings is 3. The highest BCUT2D eigenvalue weighted by Gasteiger charge is 2.38. The Morgan fingerprint density at radius 2 is 1.62 bits per heavy atom. The zero-order chi connectivity index (χ0) is 37.3. The molecular weight excluding hydrogens is 677 g/mol. The number of nitrogens with one attached hydrogen (secondary N) is 3. The molecule has 0 unspecified atom stereocenters. The van der Waals surface area contributed by atoms with Gasteiger partial charge < -0.3 is 31.7 Å². The smallest absolute Gasteiger partial charge is 0.270 e. The molecule has 4 amide bonds. The van der Waals surface area contributed by atoms with Crippen LogP contribution in [0.3, 0.4) is 0 Å². The maximum absolute atomic E-state index is 14.2. The van der Waals surface area contributed by atoms with Crippen LogP contribution < -0.4 is 21.7 Å². The molecule has 274 valence electrons. The number of rotatable bonds is 14. The number of piperidine rings is 1. The summed E-state index contributed by atoms with van der Waals surface area (Å²) in [6.07, 6.45) is 0.0956. The summed E-state index contributed by atoms with van der Waals surface area (Å²) >= 11 is 1.77. The van der Waals surface area contributed by atoms with E-state index in [2.05, 4.69) is 33.1 Å². The van der Waals surface area contributed by atoms with Gasteiger partial charge in [-0.15, -0.1) is 11.8 Å². The van der Waals surface area contributed by atoms with Crippen molar-refractivity contribution in [3.63, 3.8) is 0 Å². The minimum Gasteiger partial charge on any atom is -0.389 e. The Hall–Kier alpha value is -4.78. The molecule has 0 saturated carbocycles. The normalized spacial score (nSPS) is 17.8. The van der Waals surface area contributed by atoms with Crippen molar-refractivity contribution in [3.8, 4) is 0 Å². The summed E-state index contributed by atoms with van der Waals surface area (Å²) in [5.41, 5.74) is 6.37. The SMILES string of the molecule is CC(C)(C)N(C[C@@H](O)[C@H](Cc1ccccc1)NC(=O)[C@H](CC(N)=O)NC(=O)c1ccc2ccccc2n1)C(=O)[C@@H]1C[C@H](Sc2ccccc2)CCN1. The van der Waals surface area contributed by atoms with Gasteiger partial charge in [-0.2, -0.15) is 0 Å². The number of pyridine rings is 1. The third kappa shape index (κ3) is 10.6. The second-order valence-corrected chi connectivity index (χ2v) is 15.5. The molecule has 3 aromatic carbocycles. The van der Waals surface area contributed by atoms with Crippen molar-refractivity contribution >= 4 is 46.3 Å². The number of thioether (sulfide) groups is 1. The quantitative estimate of drug-likeness (QED) is 0.131. The first-order valence-electron chi connectivity index (χ1n) is 17.6. The highest BCUT2D eigenvalue weighted by molar-refractivity contribution is 8.00. The first kappa shape index (κ1) is 38.5. The van der Waals surface area contributed by atoms with Gasteiger partial charge in [0.2, 0.25) is 17.7 Å². The highest BCUT2D eigenvalue weighted by Crippen LogP contribution is 2.31. The Balaban J connectivity index is 1.33. The predicted molar refractivity (Wildman–Crippen MR) is 203 cm³/mol. The molecule has 4 aromatic rings. The fourth-order valence-corrected chi connectivity index (χ4v) is 7.56. The monoisotopic (exact) mass is 724 g/mol. The molecule has 11 nitrogen and oxygen atoms in total. The van der Waals surface area contributed by atoms with Crippen molar-refractivity contribution in [2.45, 2.75) is 86.4 Å². The Bertz CT molecular complexity index is 1840. The molecule has 2 heterocycles. The van der Waals surface area contributed by atoms with Crippen LogP contribution in [0.4, 0.5) is 0 Å². The van der Waals surface area contributed by atoms with E-state index in [9.17, 15) is 24.3 Å². The number of primary amides is 1. The maximum atomic E-state index is 14.2. The summed E-state index contributed by atoms with van der Waals surface area (Å²) in [7, 11) is 0. The molecule has 52 heavy (non-hydrogen) atoms. The molecule has 12 heteroatoms. The lowest BCUT2D eigenvalue weighted by Gasteiger charge is -2.42. The number of nitrogens with two attached hydrogens (primary N) is 1. The van der Waals surface area contributed by atoms with Crippen LogP contribution in [0.2, 0.25) is 0 Å². The molecule has 0 aliphatic carbocycles. The van der Waals surface area contributed by atoms with Gasteiger partial charge in [0.15, 0.2) is 0 Å². The summed E-state index contributed by atoms with van der Waals surface area (Å²) in [6, 6.07) is 27.4. The van der Waals surface area contributed by atoms with E-state index in [1.54, 1.807) is 40.9 Å². The number of aromatic nitrogens is 1. The Kier molecular flexibility index (Phi) is 13.0. The Morgan fingerprint density at radius 1 is 0.942 bits per heavy atom. The van der Waals surface area contributed by atoms with E-state index < -0.39 is 53.9 Å². The number of hydrogen-bond donors (Lipinski definition) is 5. The van der Waals surface area contributed by atoms with Gasteiger partial charge >= 0.3 is 0 Å². The first-order valence-corrected chi connectivity index (χ1v) is 18.5. The van der Waals surface area contributed by atoms with Gasteiger partial charge in [0.1, 0.15) is 11.7 Å². The molecule has 0 bridgehead atoms. The van der Waals surface area contributed by atoms with E-state index in [-0.39, 0.29) is 29.8 Å². The van der Waals surface area contributed by atoms with Crippen molar-refractivity contribution < 1.29 is 24.3 Å². The van der Waals surface area contributed by atoms with Gasteiger partial charge in [-0.05, 0) is 76.4 Å². The zero-order valence-electron chi connectivity index (χ0n) is 29.8. The third-order valence-electron chi connectivity index (χ3n) is 9.09. The maximum Gasteiger partial charge on any atom is 0.270 e. The van der Waals surface area contributed by atoms with Gasteiger partial charge in [-0.3, -0.25) is 19.2 Å². The van der Waals surface area contributed by atoms with Crippen molar-refractivity contribution in [2.75, 3.05) is 13.1 Å². The second kappa shape index (κ2) is 17.6. The number of carbonyl (C=O) groups is 4. The summed E-state index contributed by atoms with van der Waals surface area (Å²) in [4.78, 5) is 60.7. The van der Waals surface area contributed by atoms with Crippen LogP contribution in [-0.4, -0.2) is 86.7 Å². The van der Waals surface area contributed by atoms with E-state index in [1.165, 1.54) is 0 Å². The standard InChI is InChI=1S/C40H48N6O5S/c1-40(2,3)46(39(51)34-23-29(20-21-42-34)52-28-15-8-5-9-16-28)25-35(47)32(22-26-12-6-4-7-13-26)44-38(50)33(24-36(41)48)45-37(49)31-19-18-27-14-10-11-17-30(27)43-31/h4-19,29,32-35,42,47H,20-25H2,1-3H3,(H2,41,48)(H,44,50)(H,45,49)/t29-,32+,33+,34+,35-/m1/s1. The molecule has 1 fully saturated rings. The molecule has 1 aliphatic rings. The minimum absolute atomic E-state index is 0.0668. The van der Waals surface area contributed by atoms with Gasteiger partial charge in [-0.1, -0.05) is 72.8 Å². The Labute approximate surface area is 309 Å². The van der Waals surface area contributed by atoms with Crippen molar-refractivity contribution in [2.24, 2.45) is 5.73 Å². The molecule has 1 saturated heterocycles. The van der Waals surface area contributed by atoms with Gasteiger partial charge in [0.25, 0.3) is 5.91 Å². The third-order valence-corrected chi connectivity index (χ3v) is 10.4. The number of fused-ring (bicyclic) bond motifs is 1. The number of amides is 4.